The zero-order chi connectivity index (χ0) is 27.9. The molecule has 5 heterocycles. The van der Waals surface area contributed by atoms with Gasteiger partial charge in [0.25, 0.3) is 5.56 Å². The highest BCUT2D eigenvalue weighted by Gasteiger charge is 2.25. The largest absolute Gasteiger partial charge is 0.451 e. The van der Waals surface area contributed by atoms with E-state index >= 15 is 0 Å². The molecule has 5 aromatic rings. The Labute approximate surface area is 237 Å². The van der Waals surface area contributed by atoms with Gasteiger partial charge in [-0.05, 0) is 74.7 Å². The molecule has 1 saturated carbocycles. The summed E-state index contributed by atoms with van der Waals surface area (Å²) in [5.41, 5.74) is 6.30. The third-order valence-electron chi connectivity index (χ3n) is 8.02. The fraction of sp³-hybridized carbons (Fsp3) is 0.323. The molecule has 7 rings (SSSR count). The SMILES string of the molecule is Cc1cc(-c2cocn2)cnc1-c1cc2cnc(Nc3ccc(N4CCN(C)CC4)cc3)nc2n(CC2CC2)c1=O. The summed E-state index contributed by atoms with van der Waals surface area (Å²) < 4.78 is 6.92. The van der Waals surface area contributed by atoms with E-state index in [1.807, 2.05) is 19.1 Å². The lowest BCUT2D eigenvalue weighted by Crippen LogP contribution is -2.44. The topological polar surface area (TPSA) is 105 Å². The van der Waals surface area contributed by atoms with Gasteiger partial charge in [-0.3, -0.25) is 14.3 Å². The van der Waals surface area contributed by atoms with Gasteiger partial charge in [-0.2, -0.15) is 4.98 Å². The van der Waals surface area contributed by atoms with Gasteiger partial charge in [0.2, 0.25) is 5.95 Å². The Morgan fingerprint density at radius 2 is 1.80 bits per heavy atom. The summed E-state index contributed by atoms with van der Waals surface area (Å²) in [6, 6.07) is 12.2. The van der Waals surface area contributed by atoms with Crippen LogP contribution >= 0.6 is 0 Å². The number of hydrogen-bond acceptors (Lipinski definition) is 9. The van der Waals surface area contributed by atoms with Crippen molar-refractivity contribution in [3.63, 3.8) is 0 Å². The number of fused-ring (bicyclic) bond motifs is 1. The fourth-order valence-corrected chi connectivity index (χ4v) is 5.42. The average Bonchev–Trinajstić information content (AvgIpc) is 3.64. The minimum absolute atomic E-state index is 0.0876. The molecule has 2 aliphatic rings. The van der Waals surface area contributed by atoms with Gasteiger partial charge in [0.1, 0.15) is 17.6 Å². The van der Waals surface area contributed by atoms with Crippen molar-refractivity contribution in [3.8, 4) is 22.5 Å². The quantitative estimate of drug-likeness (QED) is 0.309. The molecule has 2 fully saturated rings. The molecule has 1 aromatic carbocycles. The molecule has 1 aliphatic carbocycles. The molecule has 1 N–H and O–H groups in total. The average molecular weight is 549 g/mol. The number of oxazole rings is 1. The van der Waals surface area contributed by atoms with Crippen molar-refractivity contribution in [2.75, 3.05) is 43.4 Å². The summed E-state index contributed by atoms with van der Waals surface area (Å²) in [4.78, 5) is 37.0. The summed E-state index contributed by atoms with van der Waals surface area (Å²) in [5, 5.41) is 4.14. The third kappa shape index (κ3) is 5.18. The Bertz CT molecular complexity index is 1750. The maximum atomic E-state index is 13.9. The molecule has 1 saturated heterocycles. The van der Waals surface area contributed by atoms with Gasteiger partial charge in [-0.1, -0.05) is 0 Å². The first-order chi connectivity index (χ1) is 20.0. The summed E-state index contributed by atoms with van der Waals surface area (Å²) in [6.07, 6.45) is 8.74. The second-order valence-corrected chi connectivity index (χ2v) is 11.1. The number of anilines is 3. The Morgan fingerprint density at radius 1 is 1.00 bits per heavy atom. The second kappa shape index (κ2) is 10.4. The molecule has 4 aromatic heterocycles. The van der Waals surface area contributed by atoms with Crippen LogP contribution in [-0.2, 0) is 6.54 Å². The molecule has 208 valence electrons. The summed E-state index contributed by atoms with van der Waals surface area (Å²) in [7, 11) is 2.16. The minimum atomic E-state index is -0.0876. The monoisotopic (exact) mass is 548 g/mol. The predicted octanol–water partition coefficient (Wildman–Crippen LogP) is 4.72. The lowest BCUT2D eigenvalue weighted by Gasteiger charge is -2.34. The van der Waals surface area contributed by atoms with Gasteiger partial charge < -0.3 is 19.5 Å². The van der Waals surface area contributed by atoms with Crippen LogP contribution in [0.5, 0.6) is 0 Å². The first-order valence-electron chi connectivity index (χ1n) is 14.1. The number of nitrogens with zero attached hydrogens (tertiary/aromatic N) is 7. The molecule has 1 aliphatic heterocycles. The van der Waals surface area contributed by atoms with Crippen LogP contribution in [0.2, 0.25) is 0 Å². The Morgan fingerprint density at radius 3 is 2.51 bits per heavy atom. The highest BCUT2D eigenvalue weighted by atomic mass is 16.3. The van der Waals surface area contributed by atoms with Crippen LogP contribution in [0.3, 0.4) is 0 Å². The molecule has 0 radical (unpaired) electrons. The normalized spacial score (nSPS) is 15.9. The van der Waals surface area contributed by atoms with Crippen molar-refractivity contribution in [3.05, 3.63) is 77.4 Å². The Hall–Kier alpha value is -4.57. The van der Waals surface area contributed by atoms with E-state index in [0.717, 1.165) is 61.2 Å². The van der Waals surface area contributed by atoms with E-state index < -0.39 is 0 Å². The molecule has 41 heavy (non-hydrogen) atoms. The molecule has 0 spiro atoms. The lowest BCUT2D eigenvalue weighted by molar-refractivity contribution is 0.313. The van der Waals surface area contributed by atoms with Crippen LogP contribution in [0.4, 0.5) is 17.3 Å². The Kier molecular flexibility index (Phi) is 6.47. The van der Waals surface area contributed by atoms with E-state index in [4.69, 9.17) is 9.40 Å². The van der Waals surface area contributed by atoms with E-state index in [0.29, 0.717) is 41.0 Å². The number of benzene rings is 1. The van der Waals surface area contributed by atoms with Crippen molar-refractivity contribution in [1.82, 2.24) is 29.4 Å². The molecular weight excluding hydrogens is 516 g/mol. The van der Waals surface area contributed by atoms with Crippen molar-refractivity contribution in [2.24, 2.45) is 5.92 Å². The van der Waals surface area contributed by atoms with Gasteiger partial charge in [-0.15, -0.1) is 0 Å². The second-order valence-electron chi connectivity index (χ2n) is 11.1. The standard InChI is InChI=1S/C31H32N8O2/c1-20-13-22(27-18-41-19-34-27)15-32-28(20)26-14-23-16-33-31(36-29(23)39(30(26)40)17-21-3-4-21)35-24-5-7-25(8-6-24)38-11-9-37(2)10-12-38/h5-8,13-16,18-19,21H,3-4,9-12,17H2,1-2H3,(H,33,35,36). The van der Waals surface area contributed by atoms with Gasteiger partial charge >= 0.3 is 0 Å². The number of piperazine rings is 1. The van der Waals surface area contributed by atoms with Crippen LogP contribution in [0.15, 0.2) is 70.7 Å². The van der Waals surface area contributed by atoms with Gasteiger partial charge in [0, 0.05) is 67.4 Å². The molecular formula is C31H32N8O2. The van der Waals surface area contributed by atoms with Crippen LogP contribution in [0, 0.1) is 12.8 Å². The summed E-state index contributed by atoms with van der Waals surface area (Å²) in [6.45, 7) is 6.78. The zero-order valence-electron chi connectivity index (χ0n) is 23.2. The number of aromatic nitrogens is 5. The van der Waals surface area contributed by atoms with Crippen molar-refractivity contribution < 1.29 is 4.42 Å². The number of pyridine rings is 2. The number of likely N-dealkylation sites (N-methyl/N-ethyl adjacent to an activating group) is 1. The number of nitrogens with one attached hydrogen (secondary N) is 1. The smallest absolute Gasteiger partial charge is 0.261 e. The van der Waals surface area contributed by atoms with E-state index in [2.05, 4.69) is 61.4 Å². The van der Waals surface area contributed by atoms with E-state index in [1.165, 1.54) is 12.1 Å². The van der Waals surface area contributed by atoms with Crippen LogP contribution < -0.4 is 15.8 Å². The van der Waals surface area contributed by atoms with Crippen molar-refractivity contribution in [1.29, 1.82) is 0 Å². The summed E-state index contributed by atoms with van der Waals surface area (Å²) >= 11 is 0. The zero-order valence-corrected chi connectivity index (χ0v) is 23.2. The van der Waals surface area contributed by atoms with E-state index in [1.54, 1.807) is 23.2 Å². The number of rotatable bonds is 7. The third-order valence-corrected chi connectivity index (χ3v) is 8.02. The maximum Gasteiger partial charge on any atom is 0.261 e. The first kappa shape index (κ1) is 25.4. The summed E-state index contributed by atoms with van der Waals surface area (Å²) in [5.74, 6) is 0.955. The molecule has 0 bridgehead atoms. The van der Waals surface area contributed by atoms with Crippen molar-refractivity contribution in [2.45, 2.75) is 26.3 Å². The van der Waals surface area contributed by atoms with E-state index in [-0.39, 0.29) is 5.56 Å². The van der Waals surface area contributed by atoms with Gasteiger partial charge in [-0.25, -0.2) is 9.97 Å². The Balaban J connectivity index is 1.20. The highest BCUT2D eigenvalue weighted by Crippen LogP contribution is 2.32. The molecule has 0 unspecified atom stereocenters. The highest BCUT2D eigenvalue weighted by molar-refractivity contribution is 5.82. The fourth-order valence-electron chi connectivity index (χ4n) is 5.42. The lowest BCUT2D eigenvalue weighted by atomic mass is 10.0. The first-order valence-corrected chi connectivity index (χ1v) is 14.1. The molecule has 10 nitrogen and oxygen atoms in total. The van der Waals surface area contributed by atoms with Crippen LogP contribution in [0.25, 0.3) is 33.5 Å². The maximum absolute atomic E-state index is 13.9. The van der Waals surface area contributed by atoms with Gasteiger partial charge in [0.15, 0.2) is 6.39 Å². The molecule has 0 amide bonds. The predicted molar refractivity (Wildman–Crippen MR) is 159 cm³/mol. The number of aryl methyl sites for hydroxylation is 1. The van der Waals surface area contributed by atoms with Crippen LogP contribution in [-0.4, -0.2) is 62.6 Å². The number of hydrogen-bond donors (Lipinski definition) is 1. The van der Waals surface area contributed by atoms with Crippen LogP contribution in [0.1, 0.15) is 18.4 Å². The van der Waals surface area contributed by atoms with E-state index in [9.17, 15) is 4.79 Å². The minimum Gasteiger partial charge on any atom is -0.451 e. The molecule has 10 heteroatoms. The van der Waals surface area contributed by atoms with Crippen molar-refractivity contribution >= 4 is 28.4 Å². The van der Waals surface area contributed by atoms with Gasteiger partial charge in [0.05, 0.1) is 11.3 Å². The molecule has 0 atom stereocenters.